The number of amides is 2. The third-order valence-electron chi connectivity index (χ3n) is 6.95. The van der Waals surface area contributed by atoms with E-state index in [2.05, 4.69) is 5.32 Å². The van der Waals surface area contributed by atoms with Crippen molar-refractivity contribution >= 4 is 22.6 Å². The standard InChI is InChI=1S/C32H24F6N4O2/c1-20(28-40-27-15-9-8-14-26(27)29(43)42(28)25-12-6-3-7-13-25)41(19-21-10-4-2-5-11-21)30(44)39-24-17-22(31(33,34)35)16-23(18-24)32(36,37)38/h2-18,20H,19H2,1H3,(H,39,44). The summed E-state index contributed by atoms with van der Waals surface area (Å²) in [6.45, 7) is 1.46. The number of anilines is 1. The van der Waals surface area contributed by atoms with Gasteiger partial charge in [0.1, 0.15) is 5.82 Å². The van der Waals surface area contributed by atoms with Crippen LogP contribution >= 0.6 is 0 Å². The molecule has 0 aliphatic rings. The lowest BCUT2D eigenvalue weighted by Gasteiger charge is -2.31. The van der Waals surface area contributed by atoms with Gasteiger partial charge < -0.3 is 10.2 Å². The molecule has 0 saturated carbocycles. The molecule has 1 N–H and O–H groups in total. The maximum absolute atomic E-state index is 13.8. The number of alkyl halides is 6. The number of urea groups is 1. The topological polar surface area (TPSA) is 67.2 Å². The molecule has 0 bridgehead atoms. The summed E-state index contributed by atoms with van der Waals surface area (Å²) in [6.07, 6.45) is -10.2. The third-order valence-corrected chi connectivity index (χ3v) is 6.95. The molecule has 226 valence electrons. The molecular weight excluding hydrogens is 586 g/mol. The SMILES string of the molecule is CC(c1nc2ccccc2c(=O)n1-c1ccccc1)N(Cc1ccccc1)C(=O)Nc1cc(C(F)(F)F)cc(C(F)(F)F)c1. The number of fused-ring (bicyclic) bond motifs is 1. The van der Waals surface area contributed by atoms with Crippen LogP contribution in [0.3, 0.4) is 0 Å². The van der Waals surface area contributed by atoms with Gasteiger partial charge in [0.25, 0.3) is 5.56 Å². The second kappa shape index (κ2) is 11.9. The summed E-state index contributed by atoms with van der Waals surface area (Å²) in [4.78, 5) is 33.4. The maximum atomic E-state index is 13.8. The fourth-order valence-corrected chi connectivity index (χ4v) is 4.78. The molecule has 1 heterocycles. The van der Waals surface area contributed by atoms with Gasteiger partial charge in [0.2, 0.25) is 0 Å². The first kappa shape index (κ1) is 30.3. The molecule has 0 radical (unpaired) electrons. The maximum Gasteiger partial charge on any atom is 0.416 e. The quantitative estimate of drug-likeness (QED) is 0.197. The lowest BCUT2D eigenvalue weighted by molar-refractivity contribution is -0.143. The molecule has 12 heteroatoms. The van der Waals surface area contributed by atoms with Crippen LogP contribution in [0.25, 0.3) is 16.6 Å². The summed E-state index contributed by atoms with van der Waals surface area (Å²) in [6, 6.07) is 22.6. The number of rotatable bonds is 6. The molecule has 0 aliphatic heterocycles. The largest absolute Gasteiger partial charge is 0.416 e. The molecule has 0 aliphatic carbocycles. The smallest absolute Gasteiger partial charge is 0.310 e. The third kappa shape index (κ3) is 6.43. The Balaban J connectivity index is 1.63. The van der Waals surface area contributed by atoms with Crippen molar-refractivity contribution in [1.29, 1.82) is 0 Å². The Morgan fingerprint density at radius 3 is 1.95 bits per heavy atom. The molecular formula is C32H24F6N4O2. The van der Waals surface area contributed by atoms with E-state index in [1.165, 1.54) is 9.47 Å². The lowest BCUT2D eigenvalue weighted by atomic mass is 10.1. The van der Waals surface area contributed by atoms with Gasteiger partial charge in [0.05, 0.1) is 33.8 Å². The average Bonchev–Trinajstić information content (AvgIpc) is 2.99. The van der Waals surface area contributed by atoms with Gasteiger partial charge in [-0.1, -0.05) is 60.7 Å². The highest BCUT2D eigenvalue weighted by Crippen LogP contribution is 2.38. The van der Waals surface area contributed by atoms with Crippen LogP contribution in [0.4, 0.5) is 36.8 Å². The minimum absolute atomic E-state index is 0.0163. The molecule has 4 aromatic carbocycles. The van der Waals surface area contributed by atoms with E-state index >= 15 is 0 Å². The number of hydrogen-bond acceptors (Lipinski definition) is 3. The van der Waals surface area contributed by atoms with Gasteiger partial charge in [0.15, 0.2) is 0 Å². The Morgan fingerprint density at radius 2 is 1.36 bits per heavy atom. The zero-order chi connectivity index (χ0) is 31.6. The molecule has 44 heavy (non-hydrogen) atoms. The van der Waals surface area contributed by atoms with Crippen molar-refractivity contribution in [3.63, 3.8) is 0 Å². The first-order valence-corrected chi connectivity index (χ1v) is 13.3. The van der Waals surface area contributed by atoms with Crippen molar-refractivity contribution < 1.29 is 31.1 Å². The van der Waals surface area contributed by atoms with E-state index in [9.17, 15) is 35.9 Å². The van der Waals surface area contributed by atoms with Gasteiger partial charge >= 0.3 is 18.4 Å². The fraction of sp³-hybridized carbons (Fsp3) is 0.156. The van der Waals surface area contributed by atoms with Crippen LogP contribution in [-0.4, -0.2) is 20.5 Å². The van der Waals surface area contributed by atoms with Crippen LogP contribution < -0.4 is 10.9 Å². The van der Waals surface area contributed by atoms with E-state index in [-0.39, 0.29) is 18.4 Å². The van der Waals surface area contributed by atoms with Gasteiger partial charge in [-0.25, -0.2) is 9.78 Å². The van der Waals surface area contributed by atoms with E-state index in [1.54, 1.807) is 91.9 Å². The molecule has 0 spiro atoms. The lowest BCUT2D eigenvalue weighted by Crippen LogP contribution is -2.39. The minimum Gasteiger partial charge on any atom is -0.310 e. The number of aromatic nitrogens is 2. The zero-order valence-corrected chi connectivity index (χ0v) is 23.0. The predicted octanol–water partition coefficient (Wildman–Crippen LogP) is 8.22. The van der Waals surface area contributed by atoms with E-state index in [0.717, 1.165) is 0 Å². The van der Waals surface area contributed by atoms with Gasteiger partial charge in [-0.05, 0) is 55.0 Å². The Labute approximate surface area is 247 Å². The van der Waals surface area contributed by atoms with Crippen molar-refractivity contribution in [1.82, 2.24) is 14.5 Å². The second-order valence-electron chi connectivity index (χ2n) is 9.98. The van der Waals surface area contributed by atoms with Crippen molar-refractivity contribution in [2.45, 2.75) is 31.9 Å². The van der Waals surface area contributed by atoms with Crippen molar-refractivity contribution in [3.8, 4) is 5.69 Å². The van der Waals surface area contributed by atoms with Gasteiger partial charge in [-0.2, -0.15) is 26.3 Å². The Kier molecular flexibility index (Phi) is 8.18. The van der Waals surface area contributed by atoms with Crippen LogP contribution in [0.15, 0.2) is 108 Å². The molecule has 1 atom stereocenters. The van der Waals surface area contributed by atoms with Crippen LogP contribution in [0.1, 0.15) is 35.5 Å². The van der Waals surface area contributed by atoms with E-state index in [1.807, 2.05) is 0 Å². The van der Waals surface area contributed by atoms with E-state index in [4.69, 9.17) is 4.98 Å². The van der Waals surface area contributed by atoms with Crippen molar-refractivity contribution in [2.75, 3.05) is 5.32 Å². The Bertz CT molecular complexity index is 1820. The van der Waals surface area contributed by atoms with Gasteiger partial charge in [-0.3, -0.25) is 9.36 Å². The minimum atomic E-state index is -5.10. The van der Waals surface area contributed by atoms with Gasteiger partial charge in [-0.15, -0.1) is 0 Å². The normalized spacial score (nSPS) is 12.6. The summed E-state index contributed by atoms with van der Waals surface area (Å²) >= 11 is 0. The van der Waals surface area contributed by atoms with Crippen molar-refractivity contribution in [2.24, 2.45) is 0 Å². The van der Waals surface area contributed by atoms with Crippen molar-refractivity contribution in [3.05, 3.63) is 136 Å². The van der Waals surface area contributed by atoms with E-state index in [0.29, 0.717) is 34.3 Å². The number of benzene rings is 4. The highest BCUT2D eigenvalue weighted by molar-refractivity contribution is 5.90. The number of nitrogens with one attached hydrogen (secondary N) is 1. The molecule has 5 aromatic rings. The number of hydrogen-bond donors (Lipinski definition) is 1. The number of carbonyl (C=O) groups is 1. The number of nitrogens with zero attached hydrogens (tertiary/aromatic N) is 3. The molecule has 0 saturated heterocycles. The molecule has 6 nitrogen and oxygen atoms in total. The summed E-state index contributed by atoms with van der Waals surface area (Å²) in [5.41, 5.74) is -2.85. The first-order valence-electron chi connectivity index (χ1n) is 13.3. The molecule has 1 aromatic heterocycles. The van der Waals surface area contributed by atoms with Crippen LogP contribution in [-0.2, 0) is 18.9 Å². The van der Waals surface area contributed by atoms with Gasteiger partial charge in [0, 0.05) is 12.2 Å². The summed E-state index contributed by atoms with van der Waals surface area (Å²) in [5.74, 6) is 0.131. The monoisotopic (exact) mass is 610 g/mol. The Hall–Kier alpha value is -5.13. The first-order chi connectivity index (χ1) is 20.8. The fourth-order valence-electron chi connectivity index (χ4n) is 4.78. The molecule has 0 fully saturated rings. The zero-order valence-electron chi connectivity index (χ0n) is 23.0. The van der Waals surface area contributed by atoms with Crippen LogP contribution in [0, 0.1) is 0 Å². The predicted molar refractivity (Wildman–Crippen MR) is 153 cm³/mol. The number of halogens is 6. The van der Waals surface area contributed by atoms with Crippen LogP contribution in [0.2, 0.25) is 0 Å². The highest BCUT2D eigenvalue weighted by atomic mass is 19.4. The summed E-state index contributed by atoms with van der Waals surface area (Å²) in [7, 11) is 0. The molecule has 2 amide bonds. The number of para-hydroxylation sites is 2. The summed E-state index contributed by atoms with van der Waals surface area (Å²) in [5, 5.41) is 2.54. The van der Waals surface area contributed by atoms with Crippen LogP contribution in [0.5, 0.6) is 0 Å². The van der Waals surface area contributed by atoms with E-state index < -0.39 is 46.8 Å². The number of carbonyl (C=O) groups excluding carboxylic acids is 1. The molecule has 1 unspecified atom stereocenters. The summed E-state index contributed by atoms with van der Waals surface area (Å²) < 4.78 is 82.4. The second-order valence-corrected chi connectivity index (χ2v) is 9.98. The Morgan fingerprint density at radius 1 is 0.818 bits per heavy atom. The highest BCUT2D eigenvalue weighted by Gasteiger charge is 2.37. The molecule has 5 rings (SSSR count). The average molecular weight is 611 g/mol.